The van der Waals surface area contributed by atoms with E-state index < -0.39 is 0 Å². The van der Waals surface area contributed by atoms with Gasteiger partial charge in [0.1, 0.15) is 18.2 Å². The number of hydrogen-bond acceptors (Lipinski definition) is 4. The van der Waals surface area contributed by atoms with Crippen LogP contribution in [0, 0.1) is 6.92 Å². The topological polar surface area (TPSA) is 65.4 Å². The standard InChI is InChI=1S/C20H21N3O3/c1-13-3-8-17-18(9-13)23-15(11-26-12-19(23)22-17)10-21-20(24)14-4-6-16(25-2)7-5-14/h3-9,15H,10-12H2,1-2H3,(H,21,24)/t15-/m0/s1. The minimum Gasteiger partial charge on any atom is -0.497 e. The highest BCUT2D eigenvalue weighted by Crippen LogP contribution is 2.26. The first-order chi connectivity index (χ1) is 12.7. The Hall–Kier alpha value is -2.86. The number of rotatable bonds is 4. The third-order valence-corrected chi connectivity index (χ3v) is 4.68. The van der Waals surface area contributed by atoms with Gasteiger partial charge in [-0.25, -0.2) is 4.98 Å². The molecule has 1 N–H and O–H groups in total. The lowest BCUT2D eigenvalue weighted by Crippen LogP contribution is -2.35. The molecule has 2 aromatic carbocycles. The summed E-state index contributed by atoms with van der Waals surface area (Å²) in [5.41, 5.74) is 3.84. The van der Waals surface area contributed by atoms with Crippen LogP contribution in [0.3, 0.4) is 0 Å². The van der Waals surface area contributed by atoms with Crippen molar-refractivity contribution in [3.8, 4) is 5.75 Å². The third-order valence-electron chi connectivity index (χ3n) is 4.68. The fourth-order valence-electron chi connectivity index (χ4n) is 3.33. The normalized spacial score (nSPS) is 16.3. The van der Waals surface area contributed by atoms with Crippen molar-refractivity contribution in [3.63, 3.8) is 0 Å². The maximum absolute atomic E-state index is 12.4. The average Bonchev–Trinajstić information content (AvgIpc) is 3.04. The van der Waals surface area contributed by atoms with Gasteiger partial charge in [0, 0.05) is 12.1 Å². The number of benzene rings is 2. The van der Waals surface area contributed by atoms with Crippen LogP contribution in [0.15, 0.2) is 42.5 Å². The summed E-state index contributed by atoms with van der Waals surface area (Å²) in [7, 11) is 1.60. The smallest absolute Gasteiger partial charge is 0.251 e. The van der Waals surface area contributed by atoms with Gasteiger partial charge in [0.2, 0.25) is 0 Å². The number of nitrogens with zero attached hydrogens (tertiary/aromatic N) is 2. The number of aryl methyl sites for hydroxylation is 1. The van der Waals surface area contributed by atoms with Crippen molar-refractivity contribution < 1.29 is 14.3 Å². The first kappa shape index (κ1) is 16.6. The van der Waals surface area contributed by atoms with E-state index in [4.69, 9.17) is 9.47 Å². The molecule has 0 saturated carbocycles. The molecule has 3 aromatic rings. The van der Waals surface area contributed by atoms with Crippen LogP contribution in [0.4, 0.5) is 0 Å². The molecule has 0 bridgehead atoms. The zero-order valence-electron chi connectivity index (χ0n) is 14.9. The Kier molecular flexibility index (Phi) is 4.34. The van der Waals surface area contributed by atoms with Crippen LogP contribution < -0.4 is 10.1 Å². The van der Waals surface area contributed by atoms with E-state index >= 15 is 0 Å². The fourth-order valence-corrected chi connectivity index (χ4v) is 3.33. The van der Waals surface area contributed by atoms with Gasteiger partial charge in [-0.2, -0.15) is 0 Å². The minimum atomic E-state index is -0.111. The lowest BCUT2D eigenvalue weighted by Gasteiger charge is -2.26. The molecule has 1 aromatic heterocycles. The fraction of sp³-hybridized carbons (Fsp3) is 0.300. The Labute approximate surface area is 151 Å². The molecular weight excluding hydrogens is 330 g/mol. The average molecular weight is 351 g/mol. The largest absolute Gasteiger partial charge is 0.497 e. The lowest BCUT2D eigenvalue weighted by molar-refractivity contribution is 0.0553. The molecule has 26 heavy (non-hydrogen) atoms. The molecule has 0 radical (unpaired) electrons. The van der Waals surface area contributed by atoms with Crippen molar-refractivity contribution in [1.82, 2.24) is 14.9 Å². The summed E-state index contributed by atoms with van der Waals surface area (Å²) in [4.78, 5) is 17.1. The number of carbonyl (C=O) groups excluding carboxylic acids is 1. The Balaban J connectivity index is 1.53. The van der Waals surface area contributed by atoms with Crippen molar-refractivity contribution in [2.24, 2.45) is 0 Å². The Morgan fingerprint density at radius 2 is 2.12 bits per heavy atom. The molecule has 0 saturated heterocycles. The number of carbonyl (C=O) groups is 1. The first-order valence-corrected chi connectivity index (χ1v) is 8.63. The van der Waals surface area contributed by atoms with E-state index in [1.165, 1.54) is 5.56 Å². The van der Waals surface area contributed by atoms with E-state index in [0.717, 1.165) is 22.6 Å². The molecule has 1 amide bonds. The Bertz CT molecular complexity index is 947. The number of methoxy groups -OCH3 is 1. The second kappa shape index (κ2) is 6.80. The monoisotopic (exact) mass is 351 g/mol. The van der Waals surface area contributed by atoms with E-state index in [0.29, 0.717) is 25.3 Å². The number of imidazole rings is 1. The molecule has 1 aliphatic heterocycles. The van der Waals surface area contributed by atoms with Crippen LogP contribution in [0.2, 0.25) is 0 Å². The highest BCUT2D eigenvalue weighted by molar-refractivity contribution is 5.94. The number of fused-ring (bicyclic) bond motifs is 3. The van der Waals surface area contributed by atoms with Gasteiger partial charge in [-0.3, -0.25) is 4.79 Å². The van der Waals surface area contributed by atoms with Gasteiger partial charge < -0.3 is 19.4 Å². The molecule has 0 aliphatic carbocycles. The zero-order valence-corrected chi connectivity index (χ0v) is 14.9. The van der Waals surface area contributed by atoms with Crippen molar-refractivity contribution >= 4 is 16.9 Å². The van der Waals surface area contributed by atoms with Crippen molar-refractivity contribution in [2.75, 3.05) is 20.3 Å². The molecule has 2 heterocycles. The minimum absolute atomic E-state index is 0.0211. The van der Waals surface area contributed by atoms with Gasteiger partial charge in [-0.15, -0.1) is 0 Å². The van der Waals surface area contributed by atoms with Crippen LogP contribution in [0.25, 0.3) is 11.0 Å². The number of ether oxygens (including phenoxy) is 2. The molecule has 0 unspecified atom stereocenters. The first-order valence-electron chi connectivity index (χ1n) is 8.63. The SMILES string of the molecule is COc1ccc(C(=O)NC[C@H]2COCc3nc4ccc(C)cc4n32)cc1. The van der Waals surface area contributed by atoms with Crippen LogP contribution in [-0.2, 0) is 11.3 Å². The second-order valence-corrected chi connectivity index (χ2v) is 6.50. The summed E-state index contributed by atoms with van der Waals surface area (Å²) in [5, 5.41) is 3.01. The summed E-state index contributed by atoms with van der Waals surface area (Å²) >= 11 is 0. The maximum Gasteiger partial charge on any atom is 0.251 e. The van der Waals surface area contributed by atoms with E-state index in [1.807, 2.05) is 6.07 Å². The summed E-state index contributed by atoms with van der Waals surface area (Å²) in [5.74, 6) is 1.52. The van der Waals surface area contributed by atoms with Crippen molar-refractivity contribution in [3.05, 3.63) is 59.4 Å². The molecule has 6 nitrogen and oxygen atoms in total. The van der Waals surface area contributed by atoms with Gasteiger partial charge >= 0.3 is 0 Å². The van der Waals surface area contributed by atoms with Crippen LogP contribution in [0.5, 0.6) is 5.75 Å². The molecule has 1 atom stereocenters. The van der Waals surface area contributed by atoms with Crippen molar-refractivity contribution in [2.45, 2.75) is 19.6 Å². The van der Waals surface area contributed by atoms with E-state index in [9.17, 15) is 4.79 Å². The lowest BCUT2D eigenvalue weighted by atomic mass is 10.2. The highest BCUT2D eigenvalue weighted by Gasteiger charge is 2.24. The summed E-state index contributed by atoms with van der Waals surface area (Å²) in [6, 6.07) is 13.3. The highest BCUT2D eigenvalue weighted by atomic mass is 16.5. The van der Waals surface area contributed by atoms with Gasteiger partial charge in [-0.1, -0.05) is 6.07 Å². The van der Waals surface area contributed by atoms with E-state index in [1.54, 1.807) is 31.4 Å². The molecule has 1 aliphatic rings. The van der Waals surface area contributed by atoms with Crippen LogP contribution >= 0.6 is 0 Å². The molecule has 134 valence electrons. The molecular formula is C20H21N3O3. The number of nitrogens with one attached hydrogen (secondary N) is 1. The zero-order chi connectivity index (χ0) is 18.1. The van der Waals surface area contributed by atoms with Gasteiger partial charge in [0.25, 0.3) is 5.91 Å². The number of aromatic nitrogens is 2. The van der Waals surface area contributed by atoms with Gasteiger partial charge in [-0.05, 0) is 48.9 Å². The maximum atomic E-state index is 12.4. The van der Waals surface area contributed by atoms with Gasteiger partial charge in [0.05, 0.1) is 30.8 Å². The van der Waals surface area contributed by atoms with Gasteiger partial charge in [0.15, 0.2) is 0 Å². The van der Waals surface area contributed by atoms with E-state index in [2.05, 4.69) is 33.9 Å². The second-order valence-electron chi connectivity index (χ2n) is 6.50. The predicted molar refractivity (Wildman–Crippen MR) is 98.5 cm³/mol. The summed E-state index contributed by atoms with van der Waals surface area (Å²) in [6.45, 7) is 3.60. The quantitative estimate of drug-likeness (QED) is 0.785. The number of amides is 1. The van der Waals surface area contributed by atoms with E-state index in [-0.39, 0.29) is 11.9 Å². The summed E-state index contributed by atoms with van der Waals surface area (Å²) in [6.07, 6.45) is 0. The Morgan fingerprint density at radius 3 is 2.88 bits per heavy atom. The molecule has 4 rings (SSSR count). The predicted octanol–water partition coefficient (Wildman–Crippen LogP) is 2.85. The number of hydrogen-bond donors (Lipinski definition) is 1. The molecule has 0 spiro atoms. The van der Waals surface area contributed by atoms with Crippen molar-refractivity contribution in [1.29, 1.82) is 0 Å². The third kappa shape index (κ3) is 3.04. The van der Waals surface area contributed by atoms with Crippen LogP contribution in [0.1, 0.15) is 27.8 Å². The Morgan fingerprint density at radius 1 is 1.31 bits per heavy atom. The molecule has 6 heteroatoms. The molecule has 0 fully saturated rings. The summed E-state index contributed by atoms with van der Waals surface area (Å²) < 4.78 is 13.0. The van der Waals surface area contributed by atoms with Crippen LogP contribution in [-0.4, -0.2) is 35.7 Å².